The highest BCUT2D eigenvalue weighted by molar-refractivity contribution is 5.97. The van der Waals surface area contributed by atoms with E-state index in [1.54, 1.807) is 23.6 Å². The van der Waals surface area contributed by atoms with Crippen LogP contribution in [-0.2, 0) is 4.79 Å². The lowest BCUT2D eigenvalue weighted by Gasteiger charge is -2.33. The number of hydrogen-bond acceptors (Lipinski definition) is 3. The van der Waals surface area contributed by atoms with Gasteiger partial charge in [-0.15, -0.1) is 0 Å². The summed E-state index contributed by atoms with van der Waals surface area (Å²) in [6.45, 7) is 8.49. The Balaban J connectivity index is 2.14. The maximum atomic E-state index is 13.4. The Morgan fingerprint density at radius 3 is 2.59 bits per heavy atom. The molecule has 2 aliphatic heterocycles. The molecule has 0 spiro atoms. The van der Waals surface area contributed by atoms with Gasteiger partial charge in [0.2, 0.25) is 0 Å². The molecule has 2 aliphatic rings. The van der Waals surface area contributed by atoms with Crippen molar-refractivity contribution in [3.63, 3.8) is 0 Å². The van der Waals surface area contributed by atoms with Crippen LogP contribution in [0, 0.1) is 24.2 Å². The number of rotatable bonds is 3. The van der Waals surface area contributed by atoms with Gasteiger partial charge < -0.3 is 4.90 Å². The van der Waals surface area contributed by atoms with E-state index < -0.39 is 11.5 Å². The number of carbonyl (C=O) groups is 1. The maximum absolute atomic E-state index is 13.4. The number of amides is 1. The minimum atomic E-state index is -2.70. The fourth-order valence-corrected chi connectivity index (χ4v) is 3.00. The van der Waals surface area contributed by atoms with Gasteiger partial charge in [0.25, 0.3) is 11.8 Å². The van der Waals surface area contributed by atoms with E-state index in [9.17, 15) is 18.8 Å². The van der Waals surface area contributed by atoms with Gasteiger partial charge in [0.15, 0.2) is 0 Å². The molecule has 0 unspecified atom stereocenters. The molecule has 0 bridgehead atoms. The minimum absolute atomic E-state index is 0.0225. The number of hydrogen-bond donors (Lipinski definition) is 0. The summed E-state index contributed by atoms with van der Waals surface area (Å²) in [6.07, 6.45) is 2.16. The monoisotopic (exact) mass is 310 g/mol. The Labute approximate surface area is 130 Å². The van der Waals surface area contributed by atoms with E-state index in [0.717, 1.165) is 6.42 Å². The molecule has 1 radical (unpaired) electrons. The molecule has 2 fully saturated rings. The average Bonchev–Trinajstić information content (AvgIpc) is 3.01. The van der Waals surface area contributed by atoms with Gasteiger partial charge in [-0.05, 0) is 39.2 Å². The van der Waals surface area contributed by atoms with E-state index in [-0.39, 0.29) is 36.9 Å². The van der Waals surface area contributed by atoms with Crippen molar-refractivity contribution in [1.82, 2.24) is 9.80 Å². The van der Waals surface area contributed by atoms with Crippen molar-refractivity contribution in [3.05, 3.63) is 18.6 Å². The van der Waals surface area contributed by atoms with Gasteiger partial charge in [-0.25, -0.2) is 8.78 Å². The molecule has 0 saturated carbocycles. The first-order valence-corrected chi connectivity index (χ1v) is 7.53. The van der Waals surface area contributed by atoms with Crippen LogP contribution in [0.1, 0.15) is 26.7 Å². The van der Waals surface area contributed by atoms with E-state index in [1.807, 2.05) is 6.07 Å². The molecule has 1 atom stereocenters. The number of nitrogens with zero attached hydrogens (tertiary/aromatic N) is 3. The van der Waals surface area contributed by atoms with Crippen molar-refractivity contribution in [2.45, 2.75) is 38.2 Å². The first-order valence-electron chi connectivity index (χ1n) is 7.53. The van der Waals surface area contributed by atoms with Crippen LogP contribution in [0.2, 0.25) is 0 Å². The molecule has 22 heavy (non-hydrogen) atoms. The number of halogens is 2. The first-order chi connectivity index (χ1) is 10.1. The normalized spacial score (nSPS) is 26.3. The van der Waals surface area contributed by atoms with Gasteiger partial charge in [-0.2, -0.15) is 5.26 Å². The third-order valence-electron chi connectivity index (χ3n) is 4.41. The van der Waals surface area contributed by atoms with Gasteiger partial charge in [-0.1, -0.05) is 0 Å². The number of carbonyl (C=O) groups excluding carboxylic acids is 1. The lowest BCUT2D eigenvalue weighted by atomic mass is 9.99. The van der Waals surface area contributed by atoms with Crippen LogP contribution in [0.4, 0.5) is 8.78 Å². The van der Waals surface area contributed by atoms with Crippen molar-refractivity contribution in [2.24, 2.45) is 5.92 Å². The summed E-state index contributed by atoms with van der Waals surface area (Å²) >= 11 is 0. The Hall–Kier alpha value is -1.48. The van der Waals surface area contributed by atoms with E-state index in [2.05, 4.69) is 6.92 Å². The molecule has 0 aliphatic carbocycles. The zero-order valence-electron chi connectivity index (χ0n) is 13.1. The summed E-state index contributed by atoms with van der Waals surface area (Å²) in [6, 6.07) is 1.93. The van der Waals surface area contributed by atoms with Crippen molar-refractivity contribution < 1.29 is 13.6 Å². The quantitative estimate of drug-likeness (QED) is 0.593. The zero-order valence-corrected chi connectivity index (χ0v) is 13.1. The number of nitriles is 1. The number of likely N-dealkylation sites (tertiary alicyclic amines) is 2. The fourth-order valence-electron chi connectivity index (χ4n) is 3.00. The summed E-state index contributed by atoms with van der Waals surface area (Å²) in [4.78, 5) is 15.6. The molecule has 0 N–H and O–H groups in total. The van der Waals surface area contributed by atoms with E-state index in [0.29, 0.717) is 13.1 Å². The Morgan fingerprint density at radius 2 is 2.14 bits per heavy atom. The predicted molar refractivity (Wildman–Crippen MR) is 79.0 cm³/mol. The first kappa shape index (κ1) is 16.9. The molecule has 4 nitrogen and oxygen atoms in total. The van der Waals surface area contributed by atoms with Crippen LogP contribution in [-0.4, -0.2) is 53.3 Å². The third-order valence-corrected chi connectivity index (χ3v) is 4.41. The molecule has 2 heterocycles. The van der Waals surface area contributed by atoms with Gasteiger partial charge >= 0.3 is 0 Å². The lowest BCUT2D eigenvalue weighted by molar-refractivity contribution is -0.125. The van der Waals surface area contributed by atoms with Gasteiger partial charge in [-0.3, -0.25) is 9.69 Å². The predicted octanol–water partition coefficient (Wildman–Crippen LogP) is 2.24. The van der Waals surface area contributed by atoms with Crippen LogP contribution >= 0.6 is 0 Å². The highest BCUT2D eigenvalue weighted by Crippen LogP contribution is 2.33. The SMILES string of the molecule is [CH2][C@H]1CCN(C(=O)/C(C#N)=C/C(C)(C)N2CCC(F)(F)C2)C1. The maximum Gasteiger partial charge on any atom is 0.264 e. The van der Waals surface area contributed by atoms with Gasteiger partial charge in [0.1, 0.15) is 11.6 Å². The standard InChI is InChI=1S/C16H22F2N3O/c1-12-4-6-20(10-12)14(22)13(9-19)8-15(2,3)21-7-5-16(17,18)11-21/h8,12H,1,4-7,10-11H2,2-3H3/b13-8+/t12-/m0/s1. The lowest BCUT2D eigenvalue weighted by Crippen LogP contribution is -2.43. The molecule has 0 aromatic carbocycles. The highest BCUT2D eigenvalue weighted by Gasteiger charge is 2.43. The van der Waals surface area contributed by atoms with Crippen molar-refractivity contribution in [1.29, 1.82) is 5.26 Å². The minimum Gasteiger partial charge on any atom is -0.338 e. The summed E-state index contributed by atoms with van der Waals surface area (Å²) < 4.78 is 26.8. The van der Waals surface area contributed by atoms with E-state index in [4.69, 9.17) is 0 Å². The van der Waals surface area contributed by atoms with Crippen LogP contribution in [0.3, 0.4) is 0 Å². The third kappa shape index (κ3) is 3.64. The largest absolute Gasteiger partial charge is 0.338 e. The van der Waals surface area contributed by atoms with Gasteiger partial charge in [0, 0.05) is 31.6 Å². The summed E-state index contributed by atoms with van der Waals surface area (Å²) in [5, 5.41) is 9.28. The molecule has 1 amide bonds. The van der Waals surface area contributed by atoms with Crippen LogP contribution in [0.5, 0.6) is 0 Å². The van der Waals surface area contributed by atoms with Crippen LogP contribution in [0.25, 0.3) is 0 Å². The summed E-state index contributed by atoms with van der Waals surface area (Å²) in [7, 11) is 0. The van der Waals surface area contributed by atoms with Crippen LogP contribution < -0.4 is 0 Å². The fraction of sp³-hybridized carbons (Fsp3) is 0.688. The smallest absolute Gasteiger partial charge is 0.264 e. The van der Waals surface area contributed by atoms with Gasteiger partial charge in [0.05, 0.1) is 6.54 Å². The van der Waals surface area contributed by atoms with E-state index in [1.165, 1.54) is 6.08 Å². The summed E-state index contributed by atoms with van der Waals surface area (Å²) in [5.74, 6) is -2.83. The second-order valence-corrected chi connectivity index (χ2v) is 6.76. The number of alkyl halides is 2. The Kier molecular flexibility index (Phi) is 4.57. The van der Waals surface area contributed by atoms with Crippen LogP contribution in [0.15, 0.2) is 11.6 Å². The molecular weight excluding hydrogens is 288 g/mol. The van der Waals surface area contributed by atoms with E-state index >= 15 is 0 Å². The molecule has 2 rings (SSSR count). The second-order valence-electron chi connectivity index (χ2n) is 6.76. The average molecular weight is 310 g/mol. The Morgan fingerprint density at radius 1 is 1.45 bits per heavy atom. The molecule has 2 saturated heterocycles. The zero-order chi connectivity index (χ0) is 16.5. The topological polar surface area (TPSA) is 47.3 Å². The van der Waals surface area contributed by atoms with Crippen molar-refractivity contribution in [3.8, 4) is 6.07 Å². The van der Waals surface area contributed by atoms with Crippen molar-refractivity contribution >= 4 is 5.91 Å². The highest BCUT2D eigenvalue weighted by atomic mass is 19.3. The molecular formula is C16H22F2N3O. The summed E-state index contributed by atoms with van der Waals surface area (Å²) in [5.41, 5.74) is -0.737. The second kappa shape index (κ2) is 5.96. The molecule has 6 heteroatoms. The molecule has 121 valence electrons. The molecule has 0 aromatic rings. The van der Waals surface area contributed by atoms with Crippen molar-refractivity contribution in [2.75, 3.05) is 26.2 Å². The molecule has 0 aromatic heterocycles. The Bertz CT molecular complexity index is 522.